The molecule has 0 bridgehead atoms. The molecule has 4 aromatic rings. The monoisotopic (exact) mass is 476 g/mol. The summed E-state index contributed by atoms with van der Waals surface area (Å²) in [5.74, 6) is -0.190. The highest BCUT2D eigenvalue weighted by Gasteiger charge is 2.19. The summed E-state index contributed by atoms with van der Waals surface area (Å²) >= 11 is 0. The minimum absolute atomic E-state index is 0.0993. The van der Waals surface area contributed by atoms with Crippen molar-refractivity contribution in [3.63, 3.8) is 0 Å². The summed E-state index contributed by atoms with van der Waals surface area (Å²) in [5, 5.41) is 15.8. The number of carbonyl (C=O) groups is 1. The zero-order valence-corrected chi connectivity index (χ0v) is 18.9. The van der Waals surface area contributed by atoms with E-state index in [2.05, 4.69) is 25.6 Å². The maximum Gasteiger partial charge on any atom is 0.267 e. The highest BCUT2D eigenvalue weighted by atomic mass is 19.3. The van der Waals surface area contributed by atoms with Gasteiger partial charge in [-0.2, -0.15) is 5.26 Å². The van der Waals surface area contributed by atoms with E-state index in [0.717, 1.165) is 11.3 Å². The quantitative estimate of drug-likeness (QED) is 0.349. The number of nitrogens with zero attached hydrogens (tertiary/aromatic N) is 5. The molecule has 0 aliphatic rings. The van der Waals surface area contributed by atoms with Crippen LogP contribution in [-0.2, 0) is 4.79 Å². The molecular weight excluding hydrogens is 454 g/mol. The molecule has 178 valence electrons. The van der Waals surface area contributed by atoms with E-state index in [0.29, 0.717) is 5.69 Å². The number of amides is 1. The molecule has 0 spiro atoms. The van der Waals surface area contributed by atoms with Crippen molar-refractivity contribution in [1.82, 2.24) is 19.4 Å². The van der Waals surface area contributed by atoms with Gasteiger partial charge in [-0.15, -0.1) is 0 Å². The van der Waals surface area contributed by atoms with Gasteiger partial charge >= 0.3 is 0 Å². The van der Waals surface area contributed by atoms with Gasteiger partial charge in [-0.25, -0.2) is 23.7 Å². The van der Waals surface area contributed by atoms with Crippen LogP contribution in [0.15, 0.2) is 55.0 Å². The zero-order chi connectivity index (χ0) is 25.1. The SMILES string of the molecule is C[C@H](Nc1ccc([C@H](C)Nc2ncc(C#N)c(-c3cnc4c(C(F)F)cccn34)n2)cc1)C(N)=O. The van der Waals surface area contributed by atoms with E-state index in [1.165, 1.54) is 28.9 Å². The van der Waals surface area contributed by atoms with Crippen LogP contribution in [0.3, 0.4) is 0 Å². The number of hydrogen-bond acceptors (Lipinski definition) is 7. The molecule has 0 aliphatic carbocycles. The van der Waals surface area contributed by atoms with Gasteiger partial charge < -0.3 is 16.4 Å². The molecular formula is C24H22F2N8O. The van der Waals surface area contributed by atoms with Crippen molar-refractivity contribution < 1.29 is 13.6 Å². The third kappa shape index (κ3) is 4.86. The predicted molar refractivity (Wildman–Crippen MR) is 127 cm³/mol. The van der Waals surface area contributed by atoms with Gasteiger partial charge in [0.25, 0.3) is 6.43 Å². The predicted octanol–water partition coefficient (Wildman–Crippen LogP) is 4.06. The molecule has 2 atom stereocenters. The molecule has 3 heterocycles. The summed E-state index contributed by atoms with van der Waals surface area (Å²) in [6.07, 6.45) is 1.70. The number of alkyl halides is 2. The lowest BCUT2D eigenvalue weighted by Crippen LogP contribution is -2.32. The number of nitriles is 1. The van der Waals surface area contributed by atoms with Gasteiger partial charge in [0, 0.05) is 11.9 Å². The molecule has 0 saturated carbocycles. The van der Waals surface area contributed by atoms with Crippen LogP contribution in [0.4, 0.5) is 20.4 Å². The van der Waals surface area contributed by atoms with E-state index in [-0.39, 0.29) is 34.5 Å². The van der Waals surface area contributed by atoms with Crippen molar-refractivity contribution in [2.75, 3.05) is 10.6 Å². The van der Waals surface area contributed by atoms with Crippen molar-refractivity contribution in [2.24, 2.45) is 5.73 Å². The molecule has 1 amide bonds. The molecule has 4 N–H and O–H groups in total. The highest BCUT2D eigenvalue weighted by molar-refractivity contribution is 5.82. The van der Waals surface area contributed by atoms with Crippen molar-refractivity contribution in [2.45, 2.75) is 32.4 Å². The first kappa shape index (κ1) is 23.6. The fraction of sp³-hybridized carbons (Fsp3) is 0.208. The Morgan fingerprint density at radius 2 is 1.86 bits per heavy atom. The molecule has 0 fully saturated rings. The average Bonchev–Trinajstić information content (AvgIpc) is 3.28. The fourth-order valence-electron chi connectivity index (χ4n) is 3.57. The van der Waals surface area contributed by atoms with Gasteiger partial charge in [0.05, 0.1) is 35.3 Å². The Labute approximate surface area is 199 Å². The molecule has 0 radical (unpaired) electrons. The van der Waals surface area contributed by atoms with E-state index >= 15 is 0 Å². The van der Waals surface area contributed by atoms with Gasteiger partial charge in [-0.3, -0.25) is 9.20 Å². The van der Waals surface area contributed by atoms with Crippen LogP contribution < -0.4 is 16.4 Å². The molecule has 0 aliphatic heterocycles. The van der Waals surface area contributed by atoms with E-state index in [9.17, 15) is 18.8 Å². The van der Waals surface area contributed by atoms with Gasteiger partial charge in [-0.1, -0.05) is 12.1 Å². The normalized spacial score (nSPS) is 12.8. The number of nitrogens with one attached hydrogen (secondary N) is 2. The highest BCUT2D eigenvalue weighted by Crippen LogP contribution is 2.29. The second-order valence-electron chi connectivity index (χ2n) is 7.93. The van der Waals surface area contributed by atoms with E-state index in [4.69, 9.17) is 5.73 Å². The number of pyridine rings is 1. The first-order chi connectivity index (χ1) is 16.8. The summed E-state index contributed by atoms with van der Waals surface area (Å²) in [6, 6.07) is 11.6. The zero-order valence-electron chi connectivity index (χ0n) is 18.9. The van der Waals surface area contributed by atoms with Gasteiger partial charge in [-0.05, 0) is 43.7 Å². The topological polar surface area (TPSA) is 134 Å². The molecule has 1 aromatic carbocycles. The Bertz CT molecular complexity index is 1410. The smallest absolute Gasteiger partial charge is 0.267 e. The number of nitrogens with two attached hydrogens (primary N) is 1. The second kappa shape index (κ2) is 9.72. The Kier molecular flexibility index (Phi) is 6.55. The molecule has 9 nitrogen and oxygen atoms in total. The molecule has 35 heavy (non-hydrogen) atoms. The van der Waals surface area contributed by atoms with Crippen LogP contribution in [0.2, 0.25) is 0 Å². The Balaban J connectivity index is 1.60. The van der Waals surface area contributed by atoms with Gasteiger partial charge in [0.2, 0.25) is 11.9 Å². The maximum atomic E-state index is 13.4. The van der Waals surface area contributed by atoms with Crippen LogP contribution in [0.1, 0.15) is 43.0 Å². The summed E-state index contributed by atoms with van der Waals surface area (Å²) in [7, 11) is 0. The van der Waals surface area contributed by atoms with E-state index in [1.54, 1.807) is 13.1 Å². The molecule has 0 unspecified atom stereocenters. The largest absolute Gasteiger partial charge is 0.374 e. The second-order valence-corrected chi connectivity index (χ2v) is 7.93. The minimum Gasteiger partial charge on any atom is -0.374 e. The van der Waals surface area contributed by atoms with Crippen LogP contribution in [0, 0.1) is 11.3 Å². The Hall–Kier alpha value is -4.59. The first-order valence-corrected chi connectivity index (χ1v) is 10.7. The summed E-state index contributed by atoms with van der Waals surface area (Å²) < 4.78 is 28.2. The number of fused-ring (bicyclic) bond motifs is 1. The average molecular weight is 476 g/mol. The van der Waals surface area contributed by atoms with Crippen molar-refractivity contribution in [1.29, 1.82) is 5.26 Å². The lowest BCUT2D eigenvalue weighted by molar-refractivity contribution is -0.118. The lowest BCUT2D eigenvalue weighted by atomic mass is 10.1. The fourth-order valence-corrected chi connectivity index (χ4v) is 3.57. The molecule has 3 aromatic heterocycles. The number of hydrogen-bond donors (Lipinski definition) is 3. The number of halogens is 2. The van der Waals surface area contributed by atoms with Crippen LogP contribution in [0.5, 0.6) is 0 Å². The number of carbonyl (C=O) groups excluding carboxylic acids is 1. The maximum absolute atomic E-state index is 13.4. The molecule has 0 saturated heterocycles. The number of primary amides is 1. The Morgan fingerprint density at radius 1 is 1.11 bits per heavy atom. The standard InChI is InChI=1S/C24H22F2N8O/c1-13(15-5-7-17(8-6-15)31-14(2)22(28)35)32-24-30-11-16(10-27)20(33-24)19-12-29-23-18(21(25)26)4-3-9-34(19)23/h3-9,11-14,21,31H,1-2H3,(H2,28,35)(H,30,32,33)/t13-,14-/m0/s1. The van der Waals surface area contributed by atoms with Gasteiger partial charge in [0.15, 0.2) is 0 Å². The number of aromatic nitrogens is 4. The number of anilines is 2. The third-order valence-electron chi connectivity index (χ3n) is 5.52. The number of benzene rings is 1. The Morgan fingerprint density at radius 3 is 2.51 bits per heavy atom. The van der Waals surface area contributed by atoms with Crippen molar-refractivity contribution in [3.8, 4) is 17.5 Å². The van der Waals surface area contributed by atoms with Crippen LogP contribution in [0.25, 0.3) is 17.0 Å². The van der Waals surface area contributed by atoms with Crippen molar-refractivity contribution >= 4 is 23.2 Å². The third-order valence-corrected chi connectivity index (χ3v) is 5.52. The minimum atomic E-state index is -2.69. The van der Waals surface area contributed by atoms with E-state index in [1.807, 2.05) is 37.3 Å². The van der Waals surface area contributed by atoms with Crippen molar-refractivity contribution in [3.05, 3.63) is 71.7 Å². The van der Waals surface area contributed by atoms with Crippen LogP contribution >= 0.6 is 0 Å². The van der Waals surface area contributed by atoms with Crippen LogP contribution in [-0.4, -0.2) is 31.3 Å². The lowest BCUT2D eigenvalue weighted by Gasteiger charge is -2.17. The first-order valence-electron chi connectivity index (χ1n) is 10.7. The van der Waals surface area contributed by atoms with Gasteiger partial charge in [0.1, 0.15) is 23.5 Å². The number of rotatable bonds is 8. The summed E-state index contributed by atoms with van der Waals surface area (Å²) in [5.41, 5.74) is 7.71. The molecule has 11 heteroatoms. The number of imidazole rings is 1. The van der Waals surface area contributed by atoms with E-state index < -0.39 is 18.4 Å². The summed E-state index contributed by atoms with van der Waals surface area (Å²) in [4.78, 5) is 24.1. The molecule has 4 rings (SSSR count). The summed E-state index contributed by atoms with van der Waals surface area (Å²) in [6.45, 7) is 3.59.